The fourth-order valence-electron chi connectivity index (χ4n) is 2.76. The Balaban J connectivity index is 1.54. The van der Waals surface area contributed by atoms with Gasteiger partial charge >= 0.3 is 0 Å². The highest BCUT2D eigenvalue weighted by molar-refractivity contribution is 7.18. The molecule has 6 heteroatoms. The second-order valence-corrected chi connectivity index (χ2v) is 8.58. The van der Waals surface area contributed by atoms with E-state index < -0.39 is 0 Å². The average molecular weight is 438 g/mol. The monoisotopic (exact) mass is 437 g/mol. The lowest BCUT2D eigenvalue weighted by atomic mass is 10.1. The number of unbranched alkanes of at least 4 members (excludes halogenated alkanes) is 2. The molecular weight excluding hydrogens is 406 g/mol. The van der Waals surface area contributed by atoms with E-state index in [1.807, 2.05) is 48.5 Å². The van der Waals surface area contributed by atoms with Crippen LogP contribution in [0.3, 0.4) is 0 Å². The van der Waals surface area contributed by atoms with Gasteiger partial charge < -0.3 is 9.47 Å². The highest BCUT2D eigenvalue weighted by Gasteiger charge is 2.06. The molecular formula is C25H31N3O2S. The molecule has 0 amide bonds. The number of hydrogen-bond acceptors (Lipinski definition) is 6. The third-order valence-electron chi connectivity index (χ3n) is 4.97. The minimum Gasteiger partial charge on any atom is -0.494 e. The summed E-state index contributed by atoms with van der Waals surface area (Å²) in [6.45, 7) is 8.05. The van der Waals surface area contributed by atoms with Crippen molar-refractivity contribution in [3.05, 3.63) is 54.1 Å². The topological polar surface area (TPSA) is 56.6 Å². The van der Waals surface area contributed by atoms with Crippen molar-refractivity contribution in [2.75, 3.05) is 13.2 Å². The normalized spacial score (nSPS) is 12.2. The Morgan fingerprint density at radius 1 is 0.935 bits per heavy atom. The van der Waals surface area contributed by atoms with Gasteiger partial charge in [-0.15, -0.1) is 10.2 Å². The second-order valence-electron chi connectivity index (χ2n) is 7.62. The molecule has 2 aromatic carbocycles. The van der Waals surface area contributed by atoms with Gasteiger partial charge in [0.2, 0.25) is 5.13 Å². The van der Waals surface area contributed by atoms with Gasteiger partial charge in [0, 0.05) is 11.8 Å². The number of nitrogens with zero attached hydrogens (tertiary/aromatic N) is 3. The number of aliphatic imine (C=N–C) groups is 1. The molecule has 0 saturated carbocycles. The van der Waals surface area contributed by atoms with E-state index in [1.165, 1.54) is 24.2 Å². The maximum atomic E-state index is 5.80. The fourth-order valence-corrected chi connectivity index (χ4v) is 3.45. The van der Waals surface area contributed by atoms with Crippen LogP contribution >= 0.6 is 11.3 Å². The van der Waals surface area contributed by atoms with Crippen LogP contribution in [0.25, 0.3) is 10.6 Å². The Hall–Kier alpha value is -2.73. The van der Waals surface area contributed by atoms with Gasteiger partial charge in [0.25, 0.3) is 0 Å². The fraction of sp³-hybridized carbons (Fsp3) is 0.400. The lowest BCUT2D eigenvalue weighted by Gasteiger charge is -2.10. The van der Waals surface area contributed by atoms with Crippen LogP contribution in [0, 0.1) is 5.92 Å². The van der Waals surface area contributed by atoms with E-state index in [1.54, 1.807) is 6.21 Å². The highest BCUT2D eigenvalue weighted by atomic mass is 32.1. The first-order chi connectivity index (χ1) is 15.2. The molecule has 3 aromatic rings. The van der Waals surface area contributed by atoms with Gasteiger partial charge in [-0.1, -0.05) is 51.4 Å². The molecule has 0 aliphatic heterocycles. The van der Waals surface area contributed by atoms with Gasteiger partial charge in [-0.05, 0) is 66.4 Å². The van der Waals surface area contributed by atoms with Crippen molar-refractivity contribution < 1.29 is 9.47 Å². The summed E-state index contributed by atoms with van der Waals surface area (Å²) in [7, 11) is 0. The lowest BCUT2D eigenvalue weighted by molar-refractivity contribution is 0.256. The van der Waals surface area contributed by atoms with Crippen molar-refractivity contribution >= 4 is 22.7 Å². The maximum Gasteiger partial charge on any atom is 0.231 e. The molecule has 0 fully saturated rings. The highest BCUT2D eigenvalue weighted by Crippen LogP contribution is 2.29. The molecule has 0 aliphatic rings. The van der Waals surface area contributed by atoms with Crippen LogP contribution in [0.4, 0.5) is 5.13 Å². The zero-order chi connectivity index (χ0) is 21.9. The van der Waals surface area contributed by atoms with Gasteiger partial charge in [0.1, 0.15) is 16.5 Å². The maximum absolute atomic E-state index is 5.80. The Morgan fingerprint density at radius 3 is 2.35 bits per heavy atom. The number of hydrogen-bond donors (Lipinski definition) is 0. The van der Waals surface area contributed by atoms with Crippen molar-refractivity contribution in [1.82, 2.24) is 10.2 Å². The van der Waals surface area contributed by atoms with E-state index >= 15 is 0 Å². The molecule has 0 spiro atoms. The van der Waals surface area contributed by atoms with Crippen LogP contribution in [-0.2, 0) is 0 Å². The standard InChI is InChI=1S/C25H31N3O2S/c1-4-6-7-16-29-22-14-10-21(11-15-22)24-27-28-25(31-24)26-17-20-8-12-23(13-9-20)30-18-19(3)5-2/h8-15,17,19H,4-7,16,18H2,1-3H3/b26-17+/t19-/m0/s1. The van der Waals surface area contributed by atoms with E-state index in [4.69, 9.17) is 9.47 Å². The average Bonchev–Trinajstić information content (AvgIpc) is 3.29. The first kappa shape index (κ1) is 22.9. The number of ether oxygens (including phenoxy) is 2. The zero-order valence-corrected chi connectivity index (χ0v) is 19.4. The van der Waals surface area contributed by atoms with E-state index in [-0.39, 0.29) is 0 Å². The number of rotatable bonds is 12. The molecule has 5 nitrogen and oxygen atoms in total. The number of benzene rings is 2. The van der Waals surface area contributed by atoms with Gasteiger partial charge in [-0.2, -0.15) is 0 Å². The predicted molar refractivity (Wildman–Crippen MR) is 129 cm³/mol. The minimum atomic E-state index is 0.558. The Labute approximate surface area is 189 Å². The zero-order valence-electron chi connectivity index (χ0n) is 18.6. The van der Waals surface area contributed by atoms with E-state index in [0.29, 0.717) is 11.0 Å². The number of aromatic nitrogens is 2. The van der Waals surface area contributed by atoms with Crippen LogP contribution < -0.4 is 9.47 Å². The minimum absolute atomic E-state index is 0.558. The van der Waals surface area contributed by atoms with Crippen molar-refractivity contribution in [3.8, 4) is 22.1 Å². The Bertz CT molecular complexity index is 936. The SMILES string of the molecule is CCCCCOc1ccc(-c2nnc(/N=C/c3ccc(OC[C@@H](C)CC)cc3)s2)cc1. The predicted octanol–water partition coefficient (Wildman–Crippen LogP) is 6.95. The summed E-state index contributed by atoms with van der Waals surface area (Å²) in [4.78, 5) is 4.47. The largest absolute Gasteiger partial charge is 0.494 e. The Morgan fingerprint density at radius 2 is 1.65 bits per heavy atom. The van der Waals surface area contributed by atoms with E-state index in [0.717, 1.165) is 53.7 Å². The van der Waals surface area contributed by atoms with Gasteiger partial charge in [0.15, 0.2) is 0 Å². The quantitative estimate of drug-likeness (QED) is 0.227. The van der Waals surface area contributed by atoms with Crippen LogP contribution in [0.5, 0.6) is 11.5 Å². The van der Waals surface area contributed by atoms with Crippen molar-refractivity contribution in [3.63, 3.8) is 0 Å². The summed E-state index contributed by atoms with van der Waals surface area (Å²) in [5, 5.41) is 9.94. The molecule has 0 radical (unpaired) electrons. The molecule has 1 aromatic heterocycles. The van der Waals surface area contributed by atoms with Crippen molar-refractivity contribution in [1.29, 1.82) is 0 Å². The molecule has 3 rings (SSSR count). The molecule has 31 heavy (non-hydrogen) atoms. The van der Waals surface area contributed by atoms with Crippen molar-refractivity contribution in [2.45, 2.75) is 46.5 Å². The van der Waals surface area contributed by atoms with Gasteiger partial charge in [-0.3, -0.25) is 0 Å². The molecule has 164 valence electrons. The van der Waals surface area contributed by atoms with Crippen LogP contribution in [0.1, 0.15) is 52.0 Å². The summed E-state index contributed by atoms with van der Waals surface area (Å²) in [6.07, 6.45) is 6.40. The molecule has 1 atom stereocenters. The summed E-state index contributed by atoms with van der Waals surface area (Å²) in [5.41, 5.74) is 2.01. The van der Waals surface area contributed by atoms with Gasteiger partial charge in [0.05, 0.1) is 13.2 Å². The van der Waals surface area contributed by atoms with Crippen LogP contribution in [0.15, 0.2) is 53.5 Å². The third kappa shape index (κ3) is 7.47. The summed E-state index contributed by atoms with van der Waals surface area (Å²) < 4.78 is 11.6. The molecule has 0 bridgehead atoms. The molecule has 0 saturated heterocycles. The van der Waals surface area contributed by atoms with E-state index in [9.17, 15) is 0 Å². The summed E-state index contributed by atoms with van der Waals surface area (Å²) in [5.74, 6) is 2.33. The van der Waals surface area contributed by atoms with Gasteiger partial charge in [-0.25, -0.2) is 4.99 Å². The molecule has 0 aliphatic carbocycles. The van der Waals surface area contributed by atoms with Crippen LogP contribution in [-0.4, -0.2) is 29.6 Å². The molecule has 1 heterocycles. The van der Waals surface area contributed by atoms with Crippen molar-refractivity contribution in [2.24, 2.45) is 10.9 Å². The molecule has 0 unspecified atom stereocenters. The molecule has 0 N–H and O–H groups in total. The third-order valence-corrected chi connectivity index (χ3v) is 5.85. The smallest absolute Gasteiger partial charge is 0.231 e. The lowest BCUT2D eigenvalue weighted by Crippen LogP contribution is -2.07. The summed E-state index contributed by atoms with van der Waals surface area (Å²) in [6, 6.07) is 15.9. The first-order valence-corrected chi connectivity index (χ1v) is 11.8. The summed E-state index contributed by atoms with van der Waals surface area (Å²) >= 11 is 1.47. The first-order valence-electron chi connectivity index (χ1n) is 11.0. The van der Waals surface area contributed by atoms with Crippen LogP contribution in [0.2, 0.25) is 0 Å². The second kappa shape index (κ2) is 12.2. The Kier molecular flexibility index (Phi) is 9.03. The van der Waals surface area contributed by atoms with E-state index in [2.05, 4.69) is 36.0 Å².